The third kappa shape index (κ3) is 2.83. The Morgan fingerprint density at radius 1 is 1.40 bits per heavy atom. The number of nitrogens with zero attached hydrogens (tertiary/aromatic N) is 2. The first-order valence-corrected chi connectivity index (χ1v) is 6.76. The standard InChI is InChI=1S/C13H13N3O3S/c1-3-9-11(20-16-15-9)12(17)14-10-5-4-7(2)6-8(10)13(18)19/h4-6H,3H2,1-2H3,(H,14,17)(H,18,19). The zero-order valence-electron chi connectivity index (χ0n) is 11.0. The van der Waals surface area contributed by atoms with E-state index < -0.39 is 5.97 Å². The number of aromatic carboxylic acids is 1. The third-order valence-electron chi connectivity index (χ3n) is 2.75. The molecule has 1 heterocycles. The molecule has 0 unspecified atom stereocenters. The van der Waals surface area contributed by atoms with Crippen molar-refractivity contribution in [1.29, 1.82) is 0 Å². The summed E-state index contributed by atoms with van der Waals surface area (Å²) in [7, 11) is 0. The van der Waals surface area contributed by atoms with Gasteiger partial charge in [0.15, 0.2) is 0 Å². The number of aromatic nitrogens is 2. The molecule has 6 nitrogen and oxygen atoms in total. The molecule has 0 fully saturated rings. The molecule has 0 radical (unpaired) electrons. The summed E-state index contributed by atoms with van der Waals surface area (Å²) in [5, 5.41) is 15.6. The van der Waals surface area contributed by atoms with Crippen LogP contribution in [0.4, 0.5) is 5.69 Å². The lowest BCUT2D eigenvalue weighted by molar-refractivity contribution is 0.0698. The Hall–Kier alpha value is -2.28. The van der Waals surface area contributed by atoms with E-state index in [4.69, 9.17) is 5.11 Å². The summed E-state index contributed by atoms with van der Waals surface area (Å²) in [4.78, 5) is 23.7. The fraction of sp³-hybridized carbons (Fsp3) is 0.231. The molecule has 0 bridgehead atoms. The minimum absolute atomic E-state index is 0.0638. The average molecular weight is 291 g/mol. The minimum atomic E-state index is -1.08. The van der Waals surface area contributed by atoms with Crippen molar-refractivity contribution in [3.8, 4) is 0 Å². The number of nitrogens with one attached hydrogen (secondary N) is 1. The van der Waals surface area contributed by atoms with Gasteiger partial charge in [0.2, 0.25) is 0 Å². The highest BCUT2D eigenvalue weighted by molar-refractivity contribution is 7.08. The van der Waals surface area contributed by atoms with Crippen molar-refractivity contribution in [2.75, 3.05) is 5.32 Å². The van der Waals surface area contributed by atoms with Gasteiger partial charge in [-0.3, -0.25) is 4.79 Å². The van der Waals surface area contributed by atoms with E-state index in [9.17, 15) is 9.59 Å². The number of carbonyl (C=O) groups is 2. The SMILES string of the molecule is CCc1nnsc1C(=O)Nc1ccc(C)cc1C(=O)O. The summed E-state index contributed by atoms with van der Waals surface area (Å²) in [6.45, 7) is 3.67. The van der Waals surface area contributed by atoms with Gasteiger partial charge in [-0.1, -0.05) is 23.0 Å². The molecule has 7 heteroatoms. The fourth-order valence-electron chi connectivity index (χ4n) is 1.74. The van der Waals surface area contributed by atoms with Crippen molar-refractivity contribution in [2.24, 2.45) is 0 Å². The van der Waals surface area contributed by atoms with Crippen LogP contribution in [-0.2, 0) is 6.42 Å². The smallest absolute Gasteiger partial charge is 0.337 e. The molecule has 0 aliphatic rings. The Bertz CT molecular complexity index is 667. The second kappa shape index (κ2) is 5.79. The molecule has 0 saturated heterocycles. The highest BCUT2D eigenvalue weighted by Crippen LogP contribution is 2.20. The van der Waals surface area contributed by atoms with Crippen LogP contribution >= 0.6 is 11.5 Å². The molecule has 0 spiro atoms. The van der Waals surface area contributed by atoms with Crippen LogP contribution in [0.1, 0.15) is 38.2 Å². The largest absolute Gasteiger partial charge is 0.478 e. The monoisotopic (exact) mass is 291 g/mol. The molecule has 2 aromatic rings. The van der Waals surface area contributed by atoms with Gasteiger partial charge in [0, 0.05) is 0 Å². The highest BCUT2D eigenvalue weighted by atomic mass is 32.1. The third-order valence-corrected chi connectivity index (χ3v) is 3.52. The van der Waals surface area contributed by atoms with Crippen LogP contribution in [0.2, 0.25) is 0 Å². The van der Waals surface area contributed by atoms with E-state index >= 15 is 0 Å². The first-order valence-electron chi connectivity index (χ1n) is 5.99. The van der Waals surface area contributed by atoms with Crippen molar-refractivity contribution in [3.05, 3.63) is 39.9 Å². The average Bonchev–Trinajstić information content (AvgIpc) is 2.89. The Morgan fingerprint density at radius 2 is 2.15 bits per heavy atom. The number of amides is 1. The number of benzene rings is 1. The molecule has 0 aliphatic carbocycles. The summed E-state index contributed by atoms with van der Waals surface area (Å²) in [5.41, 5.74) is 1.75. The summed E-state index contributed by atoms with van der Waals surface area (Å²) in [5.74, 6) is -1.47. The van der Waals surface area contributed by atoms with Gasteiger partial charge in [0.25, 0.3) is 5.91 Å². The van der Waals surface area contributed by atoms with Crippen molar-refractivity contribution in [1.82, 2.24) is 9.59 Å². The van der Waals surface area contributed by atoms with Gasteiger partial charge in [-0.25, -0.2) is 4.79 Å². The summed E-state index contributed by atoms with van der Waals surface area (Å²) in [6.07, 6.45) is 0.596. The summed E-state index contributed by atoms with van der Waals surface area (Å²) in [6, 6.07) is 4.84. The summed E-state index contributed by atoms with van der Waals surface area (Å²) < 4.78 is 3.74. The van der Waals surface area contributed by atoms with Crippen LogP contribution < -0.4 is 5.32 Å². The lowest BCUT2D eigenvalue weighted by Crippen LogP contribution is -2.15. The van der Waals surface area contributed by atoms with E-state index in [0.717, 1.165) is 17.1 Å². The number of carboxylic acid groups (broad SMARTS) is 1. The maximum Gasteiger partial charge on any atom is 0.337 e. The topological polar surface area (TPSA) is 92.2 Å². The van der Waals surface area contributed by atoms with Gasteiger partial charge in [-0.05, 0) is 37.0 Å². The first kappa shape index (κ1) is 14.1. The van der Waals surface area contributed by atoms with E-state index in [2.05, 4.69) is 14.9 Å². The Labute approximate surface area is 119 Å². The zero-order chi connectivity index (χ0) is 14.7. The molecule has 0 saturated carbocycles. The number of anilines is 1. The van der Waals surface area contributed by atoms with Gasteiger partial charge < -0.3 is 10.4 Å². The van der Waals surface area contributed by atoms with Crippen LogP contribution in [-0.4, -0.2) is 26.6 Å². The molecular formula is C13H13N3O3S. The van der Waals surface area contributed by atoms with Gasteiger partial charge in [0.05, 0.1) is 16.9 Å². The Balaban J connectivity index is 2.31. The number of hydrogen-bond acceptors (Lipinski definition) is 5. The Kier molecular flexibility index (Phi) is 4.09. The van der Waals surface area contributed by atoms with Gasteiger partial charge in [0.1, 0.15) is 4.88 Å². The van der Waals surface area contributed by atoms with Gasteiger partial charge >= 0.3 is 5.97 Å². The number of rotatable bonds is 4. The van der Waals surface area contributed by atoms with Crippen molar-refractivity contribution in [3.63, 3.8) is 0 Å². The fourth-order valence-corrected chi connectivity index (χ4v) is 2.38. The quantitative estimate of drug-likeness (QED) is 0.902. The van der Waals surface area contributed by atoms with Crippen LogP contribution in [0.5, 0.6) is 0 Å². The van der Waals surface area contributed by atoms with Crippen LogP contribution in [0.25, 0.3) is 0 Å². The number of carbonyl (C=O) groups excluding carboxylic acids is 1. The number of hydrogen-bond donors (Lipinski definition) is 2. The zero-order valence-corrected chi connectivity index (χ0v) is 11.8. The molecule has 2 rings (SSSR count). The van der Waals surface area contributed by atoms with Gasteiger partial charge in [-0.2, -0.15) is 0 Å². The predicted octanol–water partition coefficient (Wildman–Crippen LogP) is 2.36. The second-order valence-electron chi connectivity index (χ2n) is 4.21. The molecule has 20 heavy (non-hydrogen) atoms. The molecule has 1 aromatic carbocycles. The maximum atomic E-state index is 12.1. The van der Waals surface area contributed by atoms with Crippen molar-refractivity contribution < 1.29 is 14.7 Å². The summed E-state index contributed by atoms with van der Waals surface area (Å²) >= 11 is 0.998. The van der Waals surface area contributed by atoms with Crippen LogP contribution in [0.3, 0.4) is 0 Å². The maximum absolute atomic E-state index is 12.1. The second-order valence-corrected chi connectivity index (χ2v) is 4.96. The minimum Gasteiger partial charge on any atom is -0.478 e. The lowest BCUT2D eigenvalue weighted by Gasteiger charge is -2.08. The van der Waals surface area contributed by atoms with Crippen molar-refractivity contribution >= 4 is 29.1 Å². The Morgan fingerprint density at radius 3 is 2.80 bits per heavy atom. The van der Waals surface area contributed by atoms with Crippen LogP contribution in [0, 0.1) is 6.92 Å². The molecule has 0 atom stereocenters. The van der Waals surface area contributed by atoms with E-state index in [0.29, 0.717) is 17.0 Å². The molecule has 1 amide bonds. The molecule has 104 valence electrons. The molecular weight excluding hydrogens is 278 g/mol. The van der Waals surface area contributed by atoms with Crippen molar-refractivity contribution in [2.45, 2.75) is 20.3 Å². The highest BCUT2D eigenvalue weighted by Gasteiger charge is 2.18. The van der Waals surface area contributed by atoms with Crippen LogP contribution in [0.15, 0.2) is 18.2 Å². The van der Waals surface area contributed by atoms with E-state index in [1.807, 2.05) is 6.92 Å². The van der Waals surface area contributed by atoms with Gasteiger partial charge in [-0.15, -0.1) is 5.10 Å². The molecule has 2 N–H and O–H groups in total. The van der Waals surface area contributed by atoms with E-state index in [1.54, 1.807) is 19.1 Å². The predicted molar refractivity (Wildman–Crippen MR) is 75.4 cm³/mol. The normalized spacial score (nSPS) is 10.3. The van der Waals surface area contributed by atoms with E-state index in [1.165, 1.54) is 6.07 Å². The first-order chi connectivity index (χ1) is 9.52. The number of carboxylic acids is 1. The molecule has 0 aliphatic heterocycles. The van der Waals surface area contributed by atoms with E-state index in [-0.39, 0.29) is 17.2 Å². The number of aryl methyl sites for hydroxylation is 2. The lowest BCUT2D eigenvalue weighted by atomic mass is 10.1. The molecule has 1 aromatic heterocycles.